The van der Waals surface area contributed by atoms with Crippen LogP contribution in [0.25, 0.3) is 0 Å². The van der Waals surface area contributed by atoms with Crippen molar-refractivity contribution in [3.8, 4) is 0 Å². The summed E-state index contributed by atoms with van der Waals surface area (Å²) in [5, 5.41) is 1.22. The molecular weight excluding hydrogens is 302 g/mol. The maximum absolute atomic E-state index is 12.9. The topological polar surface area (TPSA) is 20.3 Å². The largest absolute Gasteiger partial charge is 0.311 e. The molecular formula is C17H20ClNOS. The molecule has 0 saturated carbocycles. The molecule has 0 aromatic heterocycles. The third kappa shape index (κ3) is 3.29. The van der Waals surface area contributed by atoms with Gasteiger partial charge in [0.05, 0.1) is 5.69 Å². The number of allylic oxidation sites excluding steroid dienone is 2. The molecule has 0 N–H and O–H groups in total. The zero-order chi connectivity index (χ0) is 14.8. The fourth-order valence-electron chi connectivity index (χ4n) is 2.98. The van der Waals surface area contributed by atoms with Gasteiger partial charge in [0.15, 0.2) is 0 Å². The van der Waals surface area contributed by atoms with Crippen molar-refractivity contribution in [3.63, 3.8) is 0 Å². The second kappa shape index (κ2) is 6.45. The number of rotatable bonds is 1. The zero-order valence-electron chi connectivity index (χ0n) is 12.2. The minimum Gasteiger partial charge on any atom is -0.311 e. The van der Waals surface area contributed by atoms with E-state index in [2.05, 4.69) is 19.1 Å². The molecule has 1 heterocycles. The summed E-state index contributed by atoms with van der Waals surface area (Å²) in [6, 6.07) is 5.90. The Kier molecular flexibility index (Phi) is 4.60. The van der Waals surface area contributed by atoms with Gasteiger partial charge in [-0.3, -0.25) is 4.79 Å². The average molecular weight is 322 g/mol. The number of fused-ring (bicyclic) bond motifs is 1. The van der Waals surface area contributed by atoms with Gasteiger partial charge in [-0.15, -0.1) is 11.8 Å². The summed E-state index contributed by atoms with van der Waals surface area (Å²) in [6.45, 7) is 3.01. The lowest BCUT2D eigenvalue weighted by Gasteiger charge is -2.28. The van der Waals surface area contributed by atoms with Crippen LogP contribution in [0.4, 0.5) is 5.69 Å². The van der Waals surface area contributed by atoms with Gasteiger partial charge < -0.3 is 4.90 Å². The molecule has 0 unspecified atom stereocenters. The van der Waals surface area contributed by atoms with Crippen LogP contribution in [0.15, 0.2) is 35.2 Å². The fourth-order valence-corrected chi connectivity index (χ4v) is 4.23. The Bertz CT molecular complexity index is 572. The van der Waals surface area contributed by atoms with Crippen molar-refractivity contribution >= 4 is 35.0 Å². The van der Waals surface area contributed by atoms with E-state index in [9.17, 15) is 4.79 Å². The van der Waals surface area contributed by atoms with Crippen molar-refractivity contribution in [2.24, 2.45) is 5.92 Å². The number of halogens is 1. The first-order valence-corrected chi connectivity index (χ1v) is 8.83. The van der Waals surface area contributed by atoms with Crippen LogP contribution in [-0.4, -0.2) is 17.7 Å². The van der Waals surface area contributed by atoms with Gasteiger partial charge in [-0.2, -0.15) is 0 Å². The van der Waals surface area contributed by atoms with E-state index >= 15 is 0 Å². The van der Waals surface area contributed by atoms with Crippen molar-refractivity contribution < 1.29 is 4.79 Å². The summed E-state index contributed by atoms with van der Waals surface area (Å²) in [7, 11) is 0. The molecule has 0 spiro atoms. The van der Waals surface area contributed by atoms with Crippen LogP contribution < -0.4 is 4.90 Å². The number of anilines is 1. The van der Waals surface area contributed by atoms with E-state index in [0.29, 0.717) is 10.3 Å². The summed E-state index contributed by atoms with van der Waals surface area (Å²) in [6.07, 6.45) is 8.18. The molecule has 2 nitrogen and oxygen atoms in total. The number of carbonyl (C=O) groups excluding carboxylic acids is 1. The molecule has 112 valence electrons. The molecule has 1 aromatic rings. The number of hydrogen-bond acceptors (Lipinski definition) is 2. The van der Waals surface area contributed by atoms with Crippen molar-refractivity contribution in [2.45, 2.75) is 42.8 Å². The highest BCUT2D eigenvalue weighted by atomic mass is 35.5. The predicted octanol–water partition coefficient (Wildman–Crippen LogP) is 4.91. The number of benzene rings is 1. The molecule has 0 saturated heterocycles. The maximum Gasteiger partial charge on any atom is 0.230 e. The van der Waals surface area contributed by atoms with Crippen LogP contribution in [0.2, 0.25) is 5.02 Å². The second-order valence-electron chi connectivity index (χ2n) is 5.80. The number of carbonyl (C=O) groups is 1. The Morgan fingerprint density at radius 1 is 1.33 bits per heavy atom. The minimum atomic E-state index is 0.125. The van der Waals surface area contributed by atoms with Gasteiger partial charge in [0.2, 0.25) is 5.91 Å². The van der Waals surface area contributed by atoms with Gasteiger partial charge >= 0.3 is 0 Å². The van der Waals surface area contributed by atoms with Gasteiger partial charge in [0, 0.05) is 27.6 Å². The molecule has 0 bridgehead atoms. The lowest BCUT2D eigenvalue weighted by Crippen LogP contribution is -2.37. The number of amides is 1. The third-order valence-electron chi connectivity index (χ3n) is 4.18. The van der Waals surface area contributed by atoms with E-state index in [1.54, 1.807) is 0 Å². The van der Waals surface area contributed by atoms with E-state index in [0.717, 1.165) is 37.9 Å². The molecule has 4 heteroatoms. The van der Waals surface area contributed by atoms with Gasteiger partial charge in [-0.1, -0.05) is 30.7 Å². The third-order valence-corrected chi connectivity index (χ3v) is 5.66. The molecule has 1 aromatic carbocycles. The molecule has 3 rings (SSSR count). The molecule has 1 aliphatic carbocycles. The van der Waals surface area contributed by atoms with Gasteiger partial charge in [0.1, 0.15) is 0 Å². The van der Waals surface area contributed by atoms with Crippen LogP contribution in [0.1, 0.15) is 32.6 Å². The normalized spacial score (nSPS) is 25.3. The molecule has 2 aliphatic rings. The van der Waals surface area contributed by atoms with Crippen molar-refractivity contribution in [1.82, 2.24) is 0 Å². The standard InChI is InChI=1S/C17H20ClNOS/c1-12-9-10-19(17(20)13-5-3-2-4-6-13)15-11-14(18)7-8-16(15)21-12/h2-3,7-8,11-13H,4-6,9-10H2,1H3/t12-,13+/m0/s1. The van der Waals surface area contributed by atoms with E-state index in [4.69, 9.17) is 11.6 Å². The van der Waals surface area contributed by atoms with Crippen LogP contribution in [-0.2, 0) is 4.79 Å². The quantitative estimate of drug-likeness (QED) is 0.685. The highest BCUT2D eigenvalue weighted by molar-refractivity contribution is 8.00. The average Bonchev–Trinajstić information content (AvgIpc) is 2.66. The molecule has 1 aliphatic heterocycles. The summed E-state index contributed by atoms with van der Waals surface area (Å²) >= 11 is 8.01. The Labute approximate surface area is 135 Å². The van der Waals surface area contributed by atoms with E-state index < -0.39 is 0 Å². The highest BCUT2D eigenvalue weighted by Crippen LogP contribution is 2.40. The predicted molar refractivity (Wildman–Crippen MR) is 90.2 cm³/mol. The smallest absolute Gasteiger partial charge is 0.230 e. The summed E-state index contributed by atoms with van der Waals surface area (Å²) < 4.78 is 0. The van der Waals surface area contributed by atoms with Crippen LogP contribution in [0.3, 0.4) is 0 Å². The fraction of sp³-hybridized carbons (Fsp3) is 0.471. The first-order valence-electron chi connectivity index (χ1n) is 7.58. The summed E-state index contributed by atoms with van der Waals surface area (Å²) in [5.74, 6) is 0.387. The van der Waals surface area contributed by atoms with Crippen molar-refractivity contribution in [3.05, 3.63) is 35.4 Å². The van der Waals surface area contributed by atoms with Crippen molar-refractivity contribution in [1.29, 1.82) is 0 Å². The van der Waals surface area contributed by atoms with E-state index in [1.807, 2.05) is 34.9 Å². The summed E-state index contributed by atoms with van der Waals surface area (Å²) in [5.41, 5.74) is 0.997. The number of hydrogen-bond donors (Lipinski definition) is 0. The monoisotopic (exact) mass is 321 g/mol. The van der Waals surface area contributed by atoms with Crippen LogP contribution >= 0.6 is 23.4 Å². The Morgan fingerprint density at radius 2 is 2.19 bits per heavy atom. The van der Waals surface area contributed by atoms with Crippen LogP contribution in [0, 0.1) is 5.92 Å². The van der Waals surface area contributed by atoms with Gasteiger partial charge in [-0.25, -0.2) is 0 Å². The Hall–Kier alpha value is -0.930. The lowest BCUT2D eigenvalue weighted by molar-refractivity contribution is -0.122. The SMILES string of the molecule is C[C@H]1CCN(C(=O)[C@@H]2CC=CCC2)c2cc(Cl)ccc2S1. The van der Waals surface area contributed by atoms with E-state index in [-0.39, 0.29) is 11.8 Å². The molecule has 0 radical (unpaired) electrons. The Morgan fingerprint density at radius 3 is 2.95 bits per heavy atom. The highest BCUT2D eigenvalue weighted by Gasteiger charge is 2.29. The lowest BCUT2D eigenvalue weighted by atomic mass is 9.93. The number of thioether (sulfide) groups is 1. The van der Waals surface area contributed by atoms with Gasteiger partial charge in [0.25, 0.3) is 0 Å². The summed E-state index contributed by atoms with van der Waals surface area (Å²) in [4.78, 5) is 16.1. The van der Waals surface area contributed by atoms with E-state index in [1.165, 1.54) is 4.90 Å². The first kappa shape index (κ1) is 15.0. The molecule has 2 atom stereocenters. The molecule has 21 heavy (non-hydrogen) atoms. The Balaban J connectivity index is 1.92. The maximum atomic E-state index is 12.9. The molecule has 0 fully saturated rings. The minimum absolute atomic E-state index is 0.125. The second-order valence-corrected chi connectivity index (χ2v) is 7.72. The first-order chi connectivity index (χ1) is 10.1. The van der Waals surface area contributed by atoms with Crippen LogP contribution in [0.5, 0.6) is 0 Å². The number of nitrogens with zero attached hydrogens (tertiary/aromatic N) is 1. The van der Waals surface area contributed by atoms with Crippen molar-refractivity contribution in [2.75, 3.05) is 11.4 Å². The van der Waals surface area contributed by atoms with Gasteiger partial charge in [-0.05, 0) is 43.9 Å². The molecule has 1 amide bonds. The zero-order valence-corrected chi connectivity index (χ0v) is 13.8.